The van der Waals surface area contributed by atoms with E-state index in [1.165, 1.54) is 5.56 Å². The summed E-state index contributed by atoms with van der Waals surface area (Å²) in [7, 11) is 0. The van der Waals surface area contributed by atoms with Crippen LogP contribution in [0.25, 0.3) is 5.57 Å². The Balaban J connectivity index is 0. The molecule has 0 radical (unpaired) electrons. The molecule has 0 heterocycles. The Morgan fingerprint density at radius 2 is 1.75 bits per heavy atom. The topological polar surface area (TPSA) is 37.3 Å². The number of unbranched alkanes of at least 4 members (excludes halogenated alkanes) is 1. The molecule has 0 unspecified atom stereocenters. The minimum atomic E-state index is -0.712. The summed E-state index contributed by atoms with van der Waals surface area (Å²) in [6.07, 6.45) is 2.87. The van der Waals surface area contributed by atoms with Gasteiger partial charge in [0.1, 0.15) is 0 Å². The number of carboxylic acid groups (broad SMARTS) is 1. The van der Waals surface area contributed by atoms with Crippen molar-refractivity contribution in [1.29, 1.82) is 0 Å². The number of hydrogen-bond acceptors (Lipinski definition) is 1. The predicted molar refractivity (Wildman–Crippen MR) is 89.0 cm³/mol. The monoisotopic (exact) mass is 278 g/mol. The molecule has 0 spiro atoms. The third-order valence-electron chi connectivity index (χ3n) is 2.53. The van der Waals surface area contributed by atoms with Crippen LogP contribution in [0.15, 0.2) is 30.8 Å². The first kappa shape index (κ1) is 20.7. The van der Waals surface area contributed by atoms with Crippen molar-refractivity contribution >= 4 is 11.5 Å². The molecule has 0 saturated carbocycles. The number of benzene rings is 1. The fourth-order valence-electron chi connectivity index (χ4n) is 1.60. The van der Waals surface area contributed by atoms with E-state index in [9.17, 15) is 4.79 Å². The van der Waals surface area contributed by atoms with E-state index in [0.29, 0.717) is 0 Å². The molecule has 0 fully saturated rings. The molecular weight excluding hydrogens is 248 g/mol. The maximum atomic E-state index is 10.3. The summed E-state index contributed by atoms with van der Waals surface area (Å²) in [5, 5.41) is 8.52. The molecule has 2 heteroatoms. The van der Waals surface area contributed by atoms with Crippen LogP contribution < -0.4 is 0 Å². The molecule has 0 aliphatic carbocycles. The van der Waals surface area contributed by atoms with Crippen LogP contribution in [0.3, 0.4) is 0 Å². The standard InChI is InChI=1S/C14H18O2.2C2H6/c1-11(2)13-8-5-7-12(10-13)6-3-4-9-14(15)16;2*1-2/h5,7-8,10H,1,3-4,6,9H2,2H3,(H,15,16);2*1-2H3. The van der Waals surface area contributed by atoms with E-state index < -0.39 is 5.97 Å². The first-order valence-electron chi connectivity index (χ1n) is 7.56. The van der Waals surface area contributed by atoms with Crippen LogP contribution in [-0.4, -0.2) is 11.1 Å². The lowest BCUT2D eigenvalue weighted by Crippen LogP contribution is -1.95. The maximum Gasteiger partial charge on any atom is 0.303 e. The molecule has 20 heavy (non-hydrogen) atoms. The van der Waals surface area contributed by atoms with E-state index >= 15 is 0 Å². The number of allylic oxidation sites excluding steroid dienone is 1. The van der Waals surface area contributed by atoms with Crippen LogP contribution in [0.2, 0.25) is 0 Å². The first-order valence-corrected chi connectivity index (χ1v) is 7.56. The van der Waals surface area contributed by atoms with Crippen LogP contribution in [0.5, 0.6) is 0 Å². The average Bonchev–Trinajstić information content (AvgIpc) is 2.48. The molecule has 0 atom stereocenters. The van der Waals surface area contributed by atoms with Crippen molar-refractivity contribution in [2.75, 3.05) is 0 Å². The van der Waals surface area contributed by atoms with Gasteiger partial charge in [0.05, 0.1) is 0 Å². The highest BCUT2D eigenvalue weighted by molar-refractivity contribution is 5.66. The SMILES string of the molecule is C=C(C)c1cccc(CCCCC(=O)O)c1.CC.CC. The quantitative estimate of drug-likeness (QED) is 0.691. The third-order valence-corrected chi connectivity index (χ3v) is 2.53. The van der Waals surface area contributed by atoms with Gasteiger partial charge in [-0.05, 0) is 37.3 Å². The Morgan fingerprint density at radius 1 is 1.15 bits per heavy atom. The van der Waals surface area contributed by atoms with E-state index in [1.54, 1.807) is 0 Å². The first-order chi connectivity index (χ1) is 9.59. The Kier molecular flexibility index (Phi) is 14.4. The zero-order chi connectivity index (χ0) is 16.0. The summed E-state index contributed by atoms with van der Waals surface area (Å²) in [4.78, 5) is 10.3. The summed E-state index contributed by atoms with van der Waals surface area (Å²) in [6.45, 7) is 13.9. The van der Waals surface area contributed by atoms with E-state index in [1.807, 2.05) is 46.8 Å². The van der Waals surface area contributed by atoms with Crippen LogP contribution in [0, 0.1) is 0 Å². The van der Waals surface area contributed by atoms with E-state index in [-0.39, 0.29) is 6.42 Å². The summed E-state index contributed by atoms with van der Waals surface area (Å²) in [5.74, 6) is -0.712. The summed E-state index contributed by atoms with van der Waals surface area (Å²) in [6, 6.07) is 8.27. The molecule has 2 nitrogen and oxygen atoms in total. The largest absolute Gasteiger partial charge is 0.481 e. The number of carboxylic acids is 1. The molecule has 0 amide bonds. The summed E-state index contributed by atoms with van der Waals surface area (Å²) in [5.41, 5.74) is 3.48. The molecule has 0 bridgehead atoms. The Bertz CT molecular complexity index is 381. The minimum Gasteiger partial charge on any atom is -0.481 e. The third kappa shape index (κ3) is 10.4. The van der Waals surface area contributed by atoms with Gasteiger partial charge in [0, 0.05) is 6.42 Å². The van der Waals surface area contributed by atoms with Gasteiger partial charge in [-0.25, -0.2) is 0 Å². The average molecular weight is 278 g/mol. The molecular formula is C18H30O2. The van der Waals surface area contributed by atoms with Gasteiger partial charge in [-0.2, -0.15) is 0 Å². The van der Waals surface area contributed by atoms with Gasteiger partial charge in [0.25, 0.3) is 0 Å². The van der Waals surface area contributed by atoms with E-state index in [0.717, 1.165) is 30.4 Å². The molecule has 114 valence electrons. The van der Waals surface area contributed by atoms with Crippen molar-refractivity contribution in [3.05, 3.63) is 42.0 Å². The number of carbonyl (C=O) groups is 1. The lowest BCUT2D eigenvalue weighted by Gasteiger charge is -2.04. The van der Waals surface area contributed by atoms with Crippen LogP contribution in [0.4, 0.5) is 0 Å². The zero-order valence-corrected chi connectivity index (χ0v) is 13.7. The molecule has 0 aromatic heterocycles. The highest BCUT2D eigenvalue weighted by Crippen LogP contribution is 2.15. The normalized spacial score (nSPS) is 8.65. The van der Waals surface area contributed by atoms with Crippen LogP contribution in [-0.2, 0) is 11.2 Å². The smallest absolute Gasteiger partial charge is 0.303 e. The zero-order valence-electron chi connectivity index (χ0n) is 13.7. The molecule has 0 saturated heterocycles. The lowest BCUT2D eigenvalue weighted by molar-refractivity contribution is -0.137. The Hall–Kier alpha value is -1.57. The van der Waals surface area contributed by atoms with Crippen molar-refractivity contribution in [1.82, 2.24) is 0 Å². The fraction of sp³-hybridized carbons (Fsp3) is 0.500. The summed E-state index contributed by atoms with van der Waals surface area (Å²) >= 11 is 0. The molecule has 1 N–H and O–H groups in total. The molecule has 1 rings (SSSR count). The Labute approximate surface area is 124 Å². The van der Waals surface area contributed by atoms with E-state index in [2.05, 4.69) is 18.7 Å². The van der Waals surface area contributed by atoms with Crippen molar-refractivity contribution in [3.63, 3.8) is 0 Å². The number of hydrogen-bond donors (Lipinski definition) is 1. The van der Waals surface area contributed by atoms with E-state index in [4.69, 9.17) is 5.11 Å². The van der Waals surface area contributed by atoms with Crippen LogP contribution in [0.1, 0.15) is 65.0 Å². The minimum absolute atomic E-state index is 0.264. The second-order valence-electron chi connectivity index (χ2n) is 4.08. The summed E-state index contributed by atoms with van der Waals surface area (Å²) < 4.78 is 0. The van der Waals surface area contributed by atoms with Gasteiger partial charge in [-0.3, -0.25) is 4.79 Å². The van der Waals surface area contributed by atoms with Crippen molar-refractivity contribution in [2.45, 2.75) is 60.3 Å². The van der Waals surface area contributed by atoms with Crippen molar-refractivity contribution in [3.8, 4) is 0 Å². The number of rotatable bonds is 6. The highest BCUT2D eigenvalue weighted by atomic mass is 16.4. The molecule has 0 aliphatic heterocycles. The van der Waals surface area contributed by atoms with Crippen molar-refractivity contribution in [2.24, 2.45) is 0 Å². The van der Waals surface area contributed by atoms with Crippen molar-refractivity contribution < 1.29 is 9.90 Å². The second-order valence-corrected chi connectivity index (χ2v) is 4.08. The van der Waals surface area contributed by atoms with Gasteiger partial charge in [0.2, 0.25) is 0 Å². The van der Waals surface area contributed by atoms with Gasteiger partial charge >= 0.3 is 5.97 Å². The molecule has 1 aromatic carbocycles. The predicted octanol–water partition coefficient (Wildman–Crippen LogP) is 5.57. The maximum absolute atomic E-state index is 10.3. The number of aliphatic carboxylic acids is 1. The van der Waals surface area contributed by atoms with Gasteiger partial charge in [-0.1, -0.05) is 64.1 Å². The van der Waals surface area contributed by atoms with Gasteiger partial charge < -0.3 is 5.11 Å². The fourth-order valence-corrected chi connectivity index (χ4v) is 1.60. The Morgan fingerprint density at radius 3 is 2.25 bits per heavy atom. The van der Waals surface area contributed by atoms with Gasteiger partial charge in [-0.15, -0.1) is 0 Å². The van der Waals surface area contributed by atoms with Gasteiger partial charge in [0.15, 0.2) is 0 Å². The molecule has 1 aromatic rings. The number of aryl methyl sites for hydroxylation is 1. The van der Waals surface area contributed by atoms with Crippen LogP contribution >= 0.6 is 0 Å². The highest BCUT2D eigenvalue weighted by Gasteiger charge is 1.99. The second kappa shape index (κ2) is 13.9. The molecule has 0 aliphatic rings. The lowest BCUT2D eigenvalue weighted by atomic mass is 10.0.